The molecule has 2 N–H and O–H groups in total. The van der Waals surface area contributed by atoms with Gasteiger partial charge in [0.2, 0.25) is 0 Å². The van der Waals surface area contributed by atoms with Crippen molar-refractivity contribution in [2.75, 3.05) is 19.6 Å². The normalized spacial score (nSPS) is 13.5. The summed E-state index contributed by atoms with van der Waals surface area (Å²) in [6, 6.07) is 0. The molecule has 0 aliphatic heterocycles. The molecule has 0 unspecified atom stereocenters. The van der Waals surface area contributed by atoms with Crippen molar-refractivity contribution in [1.82, 2.24) is 4.90 Å². The van der Waals surface area contributed by atoms with Crippen molar-refractivity contribution < 1.29 is 13.2 Å². The molecule has 0 aromatic carbocycles. The number of halogens is 3. The van der Waals surface area contributed by atoms with E-state index in [2.05, 4.69) is 0 Å². The largest absolute Gasteiger partial charge is 0.401 e. The molecule has 0 saturated heterocycles. The number of nitrogens with two attached hydrogens (primary N) is 1. The first-order chi connectivity index (χ1) is 7.14. The molecule has 0 radical (unpaired) electrons. The molecule has 0 atom stereocenters. The zero-order valence-electron chi connectivity index (χ0n) is 10.4. The van der Waals surface area contributed by atoms with Crippen LogP contribution in [0.5, 0.6) is 0 Å². The van der Waals surface area contributed by atoms with Gasteiger partial charge in [-0.25, -0.2) is 0 Å². The van der Waals surface area contributed by atoms with Crippen LogP contribution in [0.15, 0.2) is 0 Å². The van der Waals surface area contributed by atoms with E-state index in [4.69, 9.17) is 5.73 Å². The van der Waals surface area contributed by atoms with Gasteiger partial charge in [0.1, 0.15) is 0 Å². The number of alkyl halides is 3. The van der Waals surface area contributed by atoms with Crippen LogP contribution >= 0.6 is 0 Å². The Morgan fingerprint density at radius 3 is 2.06 bits per heavy atom. The van der Waals surface area contributed by atoms with E-state index in [0.717, 1.165) is 12.8 Å². The predicted molar refractivity (Wildman–Crippen MR) is 60.3 cm³/mol. The van der Waals surface area contributed by atoms with E-state index >= 15 is 0 Å². The lowest BCUT2D eigenvalue weighted by Crippen LogP contribution is -2.37. The van der Waals surface area contributed by atoms with Gasteiger partial charge in [-0.15, -0.1) is 0 Å². The molecule has 0 aliphatic rings. The second-order valence-electron chi connectivity index (χ2n) is 4.98. The Labute approximate surface area is 96.0 Å². The lowest BCUT2D eigenvalue weighted by atomic mass is 10.00. The average molecular weight is 240 g/mol. The second-order valence-corrected chi connectivity index (χ2v) is 4.98. The number of nitrogens with zero attached hydrogens (tertiary/aromatic N) is 1. The summed E-state index contributed by atoms with van der Waals surface area (Å²) in [4.78, 5) is 1.45. The van der Waals surface area contributed by atoms with Gasteiger partial charge in [0.15, 0.2) is 0 Å². The average Bonchev–Trinajstić information content (AvgIpc) is 1.98. The quantitative estimate of drug-likeness (QED) is 0.741. The van der Waals surface area contributed by atoms with E-state index in [1.807, 2.05) is 20.8 Å². The SMILES string of the molecule is CCCN(CCCC(C)(C)N)CC(F)(F)F. The topological polar surface area (TPSA) is 29.3 Å². The van der Waals surface area contributed by atoms with Gasteiger partial charge >= 0.3 is 6.18 Å². The third-order valence-corrected chi connectivity index (χ3v) is 2.24. The fourth-order valence-corrected chi connectivity index (χ4v) is 1.60. The van der Waals surface area contributed by atoms with Gasteiger partial charge in [-0.05, 0) is 46.2 Å². The zero-order valence-corrected chi connectivity index (χ0v) is 10.4. The molecule has 0 fully saturated rings. The van der Waals surface area contributed by atoms with E-state index in [0.29, 0.717) is 19.5 Å². The lowest BCUT2D eigenvalue weighted by Gasteiger charge is -2.25. The maximum absolute atomic E-state index is 12.2. The van der Waals surface area contributed by atoms with Crippen LogP contribution < -0.4 is 5.73 Å². The van der Waals surface area contributed by atoms with E-state index in [1.165, 1.54) is 4.90 Å². The van der Waals surface area contributed by atoms with Gasteiger partial charge in [0.25, 0.3) is 0 Å². The molecular formula is C11H23F3N2. The Bertz CT molecular complexity index is 185. The van der Waals surface area contributed by atoms with Gasteiger partial charge in [-0.1, -0.05) is 6.92 Å². The molecule has 98 valence electrons. The molecule has 0 aromatic rings. The van der Waals surface area contributed by atoms with Crippen LogP contribution in [0.4, 0.5) is 13.2 Å². The Balaban J connectivity index is 3.95. The molecular weight excluding hydrogens is 217 g/mol. The van der Waals surface area contributed by atoms with Crippen molar-refractivity contribution >= 4 is 0 Å². The molecule has 0 saturated carbocycles. The monoisotopic (exact) mass is 240 g/mol. The van der Waals surface area contributed by atoms with E-state index in [1.54, 1.807) is 0 Å². The molecule has 0 rings (SSSR count). The standard InChI is InChI=1S/C11H23F3N2/c1-4-7-16(9-11(12,13)14)8-5-6-10(2,3)15/h4-9,15H2,1-3H3. The van der Waals surface area contributed by atoms with Gasteiger partial charge in [0, 0.05) is 5.54 Å². The number of hydrogen-bond donors (Lipinski definition) is 1. The third-order valence-electron chi connectivity index (χ3n) is 2.24. The van der Waals surface area contributed by atoms with Crippen LogP contribution in [-0.4, -0.2) is 36.2 Å². The minimum atomic E-state index is -4.10. The van der Waals surface area contributed by atoms with E-state index in [9.17, 15) is 13.2 Å². The summed E-state index contributed by atoms with van der Waals surface area (Å²) >= 11 is 0. The van der Waals surface area contributed by atoms with Crippen LogP contribution in [0.1, 0.15) is 40.0 Å². The van der Waals surface area contributed by atoms with Crippen LogP contribution in [-0.2, 0) is 0 Å². The van der Waals surface area contributed by atoms with E-state index < -0.39 is 12.7 Å². The van der Waals surface area contributed by atoms with E-state index in [-0.39, 0.29) is 5.54 Å². The maximum Gasteiger partial charge on any atom is 0.401 e. The first-order valence-electron chi connectivity index (χ1n) is 5.72. The lowest BCUT2D eigenvalue weighted by molar-refractivity contribution is -0.146. The van der Waals surface area contributed by atoms with Crippen molar-refractivity contribution in [3.05, 3.63) is 0 Å². The highest BCUT2D eigenvalue weighted by atomic mass is 19.4. The molecule has 0 aromatic heterocycles. The van der Waals surface area contributed by atoms with Crippen molar-refractivity contribution in [3.8, 4) is 0 Å². The summed E-state index contributed by atoms with van der Waals surface area (Å²) in [5.74, 6) is 0. The molecule has 2 nitrogen and oxygen atoms in total. The molecule has 16 heavy (non-hydrogen) atoms. The Hall–Kier alpha value is -0.290. The third kappa shape index (κ3) is 10.2. The van der Waals surface area contributed by atoms with Crippen LogP contribution in [0.3, 0.4) is 0 Å². The van der Waals surface area contributed by atoms with Gasteiger partial charge in [0.05, 0.1) is 6.54 Å². The summed E-state index contributed by atoms with van der Waals surface area (Å²) in [6.45, 7) is 5.81. The molecule has 0 spiro atoms. The van der Waals surface area contributed by atoms with Gasteiger partial charge in [-0.3, -0.25) is 4.90 Å². The number of hydrogen-bond acceptors (Lipinski definition) is 2. The fraction of sp³-hybridized carbons (Fsp3) is 1.00. The second kappa shape index (κ2) is 6.45. The highest BCUT2D eigenvalue weighted by Crippen LogP contribution is 2.17. The summed E-state index contributed by atoms with van der Waals surface area (Å²) < 4.78 is 36.7. The number of rotatable bonds is 7. The van der Waals surface area contributed by atoms with Crippen molar-refractivity contribution in [1.29, 1.82) is 0 Å². The van der Waals surface area contributed by atoms with Crippen LogP contribution in [0.25, 0.3) is 0 Å². The summed E-state index contributed by atoms with van der Waals surface area (Å²) in [7, 11) is 0. The fourth-order valence-electron chi connectivity index (χ4n) is 1.60. The van der Waals surface area contributed by atoms with Crippen molar-refractivity contribution in [2.24, 2.45) is 5.73 Å². The summed E-state index contributed by atoms with van der Waals surface area (Å²) in [5, 5.41) is 0. The van der Waals surface area contributed by atoms with Crippen LogP contribution in [0, 0.1) is 0 Å². The molecule has 0 aliphatic carbocycles. The molecule has 0 heterocycles. The first kappa shape index (κ1) is 15.7. The highest BCUT2D eigenvalue weighted by molar-refractivity contribution is 4.73. The zero-order chi connectivity index (χ0) is 12.8. The van der Waals surface area contributed by atoms with Crippen molar-refractivity contribution in [2.45, 2.75) is 51.7 Å². The highest BCUT2D eigenvalue weighted by Gasteiger charge is 2.30. The summed E-state index contributed by atoms with van der Waals surface area (Å²) in [5.41, 5.74) is 5.49. The molecule has 0 amide bonds. The maximum atomic E-state index is 12.2. The van der Waals surface area contributed by atoms with Crippen LogP contribution in [0.2, 0.25) is 0 Å². The summed E-state index contributed by atoms with van der Waals surface area (Å²) in [6.07, 6.45) is -1.92. The minimum absolute atomic E-state index is 0.296. The molecule has 0 bridgehead atoms. The van der Waals surface area contributed by atoms with Gasteiger partial charge in [-0.2, -0.15) is 13.2 Å². The van der Waals surface area contributed by atoms with Gasteiger partial charge < -0.3 is 5.73 Å². The molecule has 5 heteroatoms. The Kier molecular flexibility index (Phi) is 6.33. The predicted octanol–water partition coefficient (Wildman–Crippen LogP) is 2.78. The smallest absolute Gasteiger partial charge is 0.326 e. The van der Waals surface area contributed by atoms with Crippen molar-refractivity contribution in [3.63, 3.8) is 0 Å². The minimum Gasteiger partial charge on any atom is -0.326 e. The Morgan fingerprint density at radius 1 is 1.12 bits per heavy atom. The first-order valence-corrected chi connectivity index (χ1v) is 5.72. The Morgan fingerprint density at radius 2 is 1.69 bits per heavy atom.